The lowest BCUT2D eigenvalue weighted by Crippen LogP contribution is -2.47. The summed E-state index contributed by atoms with van der Waals surface area (Å²) in [7, 11) is 0. The van der Waals surface area contributed by atoms with Gasteiger partial charge in [0.1, 0.15) is 13.1 Å². The van der Waals surface area contributed by atoms with Crippen molar-refractivity contribution in [3.05, 3.63) is 71.1 Å². The zero-order valence-corrected chi connectivity index (χ0v) is 14.2. The average Bonchev–Trinajstić information content (AvgIpc) is 2.93. The number of aromatic nitrogens is 1. The summed E-state index contributed by atoms with van der Waals surface area (Å²) in [6.45, 7) is 5.16. The number of hydrogen-bond acceptors (Lipinski definition) is 4. The van der Waals surface area contributed by atoms with E-state index in [4.69, 9.17) is 0 Å². The zero-order valence-electron chi connectivity index (χ0n) is 14.2. The van der Waals surface area contributed by atoms with Gasteiger partial charge in [-0.3, -0.25) is 14.5 Å². The van der Waals surface area contributed by atoms with Gasteiger partial charge in [-0.15, -0.1) is 0 Å². The molecule has 0 unspecified atom stereocenters. The minimum absolute atomic E-state index is 0.142. The van der Waals surface area contributed by atoms with Crippen LogP contribution >= 0.6 is 0 Å². The Morgan fingerprint density at radius 1 is 0.880 bits per heavy atom. The summed E-state index contributed by atoms with van der Waals surface area (Å²) in [6.07, 6.45) is 1.92. The van der Waals surface area contributed by atoms with E-state index >= 15 is 0 Å². The zero-order chi connectivity index (χ0) is 17.4. The number of carbonyl (C=O) groups is 2. The van der Waals surface area contributed by atoms with Crippen LogP contribution in [0.5, 0.6) is 0 Å². The van der Waals surface area contributed by atoms with E-state index in [1.807, 2.05) is 25.3 Å². The Labute approximate surface area is 146 Å². The van der Waals surface area contributed by atoms with Crippen molar-refractivity contribution in [2.75, 3.05) is 31.1 Å². The molecular formula is C20H20N3O2+. The van der Waals surface area contributed by atoms with E-state index in [0.29, 0.717) is 16.7 Å². The summed E-state index contributed by atoms with van der Waals surface area (Å²) >= 11 is 0. The highest BCUT2D eigenvalue weighted by Gasteiger charge is 2.36. The van der Waals surface area contributed by atoms with E-state index in [1.54, 1.807) is 24.3 Å². The molecule has 4 rings (SSSR count). The van der Waals surface area contributed by atoms with Crippen LogP contribution in [0, 0.1) is 0 Å². The van der Waals surface area contributed by atoms with Crippen LogP contribution in [0.4, 0.5) is 5.82 Å². The Morgan fingerprint density at radius 3 is 2.04 bits per heavy atom. The van der Waals surface area contributed by atoms with Crippen molar-refractivity contribution in [1.29, 1.82) is 0 Å². The first kappa shape index (κ1) is 15.6. The fourth-order valence-electron chi connectivity index (χ4n) is 3.60. The van der Waals surface area contributed by atoms with Gasteiger partial charge in [0.15, 0.2) is 11.6 Å². The number of piperazine rings is 1. The molecule has 1 N–H and O–H groups in total. The van der Waals surface area contributed by atoms with Crippen molar-refractivity contribution >= 4 is 17.4 Å². The fourth-order valence-corrected chi connectivity index (χ4v) is 3.60. The lowest BCUT2D eigenvalue weighted by molar-refractivity contribution is -0.364. The van der Waals surface area contributed by atoms with Gasteiger partial charge in [0.05, 0.1) is 24.9 Å². The van der Waals surface area contributed by atoms with Crippen LogP contribution in [0.15, 0.2) is 59.9 Å². The standard InChI is InChI=1S/C20H19N3O2/c1-14(18-19(24)15-6-2-3-7-16(15)20(18)25)22-10-12-23(13-11-22)17-8-4-5-9-21-17/h2-9H,10-13H2,1H3/p+1. The number of benzene rings is 1. The second-order valence-corrected chi connectivity index (χ2v) is 6.39. The monoisotopic (exact) mass is 334 g/mol. The second-order valence-electron chi connectivity index (χ2n) is 6.39. The van der Waals surface area contributed by atoms with Gasteiger partial charge in [-0.25, -0.2) is 4.98 Å². The quantitative estimate of drug-likeness (QED) is 0.622. The summed E-state index contributed by atoms with van der Waals surface area (Å²) in [5.41, 5.74) is 2.18. The largest absolute Gasteiger partial charge is 0.366 e. The summed E-state index contributed by atoms with van der Waals surface area (Å²) in [5.74, 6) is 0.807. The van der Waals surface area contributed by atoms with E-state index in [-0.39, 0.29) is 11.6 Å². The lowest BCUT2D eigenvalue weighted by Gasteiger charge is -2.33. The molecule has 1 fully saturated rings. The van der Waals surface area contributed by atoms with Crippen molar-refractivity contribution in [3.63, 3.8) is 0 Å². The van der Waals surface area contributed by atoms with Gasteiger partial charge in [-0.2, -0.15) is 0 Å². The third-order valence-corrected chi connectivity index (χ3v) is 5.02. The van der Waals surface area contributed by atoms with Crippen molar-refractivity contribution in [1.82, 2.24) is 4.90 Å². The topological polar surface area (TPSA) is 54.8 Å². The normalized spacial score (nSPS) is 17.1. The average molecular weight is 334 g/mol. The third kappa shape index (κ3) is 2.61. The summed E-state index contributed by atoms with van der Waals surface area (Å²) < 4.78 is 0. The first-order chi connectivity index (χ1) is 12.2. The van der Waals surface area contributed by atoms with Crippen molar-refractivity contribution < 1.29 is 14.6 Å². The number of fused-ring (bicyclic) bond motifs is 1. The van der Waals surface area contributed by atoms with Gasteiger partial charge in [-0.1, -0.05) is 30.3 Å². The minimum atomic E-state index is -0.142. The molecule has 5 heteroatoms. The van der Waals surface area contributed by atoms with Crippen LogP contribution in [0.3, 0.4) is 0 Å². The molecule has 126 valence electrons. The molecule has 0 radical (unpaired) electrons. The fraction of sp³-hybridized carbons (Fsp3) is 0.250. The predicted octanol–water partition coefficient (Wildman–Crippen LogP) is 1.98. The molecule has 2 aromatic rings. The minimum Gasteiger partial charge on any atom is -0.366 e. The molecule has 2 aliphatic rings. The molecule has 1 saturated heterocycles. The number of ketones is 2. The van der Waals surface area contributed by atoms with Crippen molar-refractivity contribution in [2.45, 2.75) is 6.92 Å². The third-order valence-electron chi connectivity index (χ3n) is 5.02. The van der Waals surface area contributed by atoms with Gasteiger partial charge in [0.2, 0.25) is 0 Å². The molecule has 0 atom stereocenters. The number of nitrogens with one attached hydrogen (secondary N) is 1. The van der Waals surface area contributed by atoms with Crippen LogP contribution in [0.25, 0.3) is 0 Å². The predicted molar refractivity (Wildman–Crippen MR) is 94.6 cm³/mol. The second kappa shape index (κ2) is 6.16. The van der Waals surface area contributed by atoms with Gasteiger partial charge < -0.3 is 4.90 Å². The molecule has 5 nitrogen and oxygen atoms in total. The van der Waals surface area contributed by atoms with Gasteiger partial charge in [-0.05, 0) is 13.0 Å². The number of hydrogen-bond donors (Lipinski definition) is 0. The number of H-pyrrole nitrogens is 1. The van der Waals surface area contributed by atoms with Crippen LogP contribution < -0.4 is 9.88 Å². The maximum atomic E-state index is 12.7. The van der Waals surface area contributed by atoms with Crippen LogP contribution in [0.1, 0.15) is 27.6 Å². The smallest absolute Gasteiger partial charge is 0.274 e. The van der Waals surface area contributed by atoms with E-state index in [1.165, 1.54) is 0 Å². The lowest BCUT2D eigenvalue weighted by atomic mass is 10.1. The number of pyridine rings is 1. The number of aromatic amines is 1. The molecular weight excluding hydrogens is 314 g/mol. The molecule has 0 saturated carbocycles. The van der Waals surface area contributed by atoms with E-state index in [9.17, 15) is 9.59 Å². The van der Waals surface area contributed by atoms with Gasteiger partial charge in [0.25, 0.3) is 5.82 Å². The van der Waals surface area contributed by atoms with E-state index in [2.05, 4.69) is 20.9 Å². The van der Waals surface area contributed by atoms with Crippen molar-refractivity contribution in [2.24, 2.45) is 0 Å². The van der Waals surface area contributed by atoms with Crippen molar-refractivity contribution in [3.8, 4) is 0 Å². The summed E-state index contributed by atoms with van der Waals surface area (Å²) in [5, 5.41) is 0. The molecule has 25 heavy (non-hydrogen) atoms. The number of allylic oxidation sites excluding steroid dienone is 2. The molecule has 1 aromatic heterocycles. The molecule has 1 aromatic carbocycles. The molecule has 0 amide bonds. The highest BCUT2D eigenvalue weighted by molar-refractivity contribution is 6.39. The Balaban J connectivity index is 1.55. The van der Waals surface area contributed by atoms with Crippen LogP contribution in [-0.4, -0.2) is 42.6 Å². The Bertz CT molecular complexity index is 829. The Hall–Kier alpha value is -2.95. The van der Waals surface area contributed by atoms with E-state index in [0.717, 1.165) is 37.7 Å². The number of anilines is 1. The van der Waals surface area contributed by atoms with Crippen LogP contribution in [0.2, 0.25) is 0 Å². The summed E-state index contributed by atoms with van der Waals surface area (Å²) in [6, 6.07) is 13.1. The molecule has 1 aliphatic carbocycles. The highest BCUT2D eigenvalue weighted by Crippen LogP contribution is 2.29. The molecule has 0 spiro atoms. The first-order valence-corrected chi connectivity index (χ1v) is 8.53. The molecule has 2 heterocycles. The van der Waals surface area contributed by atoms with E-state index < -0.39 is 0 Å². The number of carbonyl (C=O) groups excluding carboxylic acids is 2. The van der Waals surface area contributed by atoms with Gasteiger partial charge >= 0.3 is 0 Å². The SMILES string of the molecule is CC(=C1C(=O)c2ccccc2C1=O)N1CCN(c2cccc[nH+]2)CC1. The first-order valence-electron chi connectivity index (χ1n) is 8.53. The Morgan fingerprint density at radius 2 is 1.48 bits per heavy atom. The molecule has 1 aliphatic heterocycles. The van der Waals surface area contributed by atoms with Crippen LogP contribution in [-0.2, 0) is 0 Å². The molecule has 0 bridgehead atoms. The summed E-state index contributed by atoms with van der Waals surface area (Å²) in [4.78, 5) is 33.0. The maximum Gasteiger partial charge on any atom is 0.274 e. The van der Waals surface area contributed by atoms with Gasteiger partial charge in [0, 0.05) is 22.9 Å². The highest BCUT2D eigenvalue weighted by atomic mass is 16.2. The number of Topliss-reactive ketones (excluding diaryl/α,β-unsaturated/α-hetero) is 2. The number of rotatable bonds is 2. The number of nitrogens with zero attached hydrogens (tertiary/aromatic N) is 2. The Kier molecular flexibility index (Phi) is 3.84. The maximum absolute atomic E-state index is 12.7.